The van der Waals surface area contributed by atoms with Crippen molar-refractivity contribution >= 4 is 5.91 Å². The second-order valence-corrected chi connectivity index (χ2v) is 6.08. The van der Waals surface area contributed by atoms with Crippen molar-refractivity contribution in [1.82, 2.24) is 34.6 Å². The molecule has 1 fully saturated rings. The van der Waals surface area contributed by atoms with Crippen molar-refractivity contribution in [2.24, 2.45) is 0 Å². The zero-order valence-corrected chi connectivity index (χ0v) is 14.1. The number of hydrogen-bond donors (Lipinski definition) is 1. The van der Waals surface area contributed by atoms with E-state index in [4.69, 9.17) is 4.52 Å². The third-order valence-corrected chi connectivity index (χ3v) is 4.25. The van der Waals surface area contributed by atoms with Crippen molar-refractivity contribution in [3.8, 4) is 11.6 Å². The highest BCUT2D eigenvalue weighted by atomic mass is 16.5. The lowest BCUT2D eigenvalue weighted by molar-refractivity contribution is -0.136. The maximum atomic E-state index is 12.2. The molecular weight excluding hydrogens is 354 g/mol. The van der Waals surface area contributed by atoms with E-state index in [9.17, 15) is 14.4 Å². The minimum absolute atomic E-state index is 0.0327. The van der Waals surface area contributed by atoms with Crippen LogP contribution in [-0.4, -0.2) is 53.6 Å². The number of nitrogens with one attached hydrogen (secondary N) is 1. The van der Waals surface area contributed by atoms with Crippen LogP contribution in [-0.2, 0) is 11.3 Å². The molecule has 1 aliphatic heterocycles. The Bertz CT molecular complexity index is 1070. The van der Waals surface area contributed by atoms with E-state index in [0.717, 1.165) is 0 Å². The summed E-state index contributed by atoms with van der Waals surface area (Å²) in [4.78, 5) is 51.1. The van der Waals surface area contributed by atoms with Crippen LogP contribution in [0, 0.1) is 0 Å². The summed E-state index contributed by atoms with van der Waals surface area (Å²) in [5.41, 5.74) is -0.994. The van der Waals surface area contributed by atoms with Crippen LogP contribution in [0.3, 0.4) is 0 Å². The Labute approximate surface area is 151 Å². The highest BCUT2D eigenvalue weighted by Gasteiger charge is 2.35. The Morgan fingerprint density at radius 1 is 1.22 bits per heavy atom. The Kier molecular flexibility index (Phi) is 4.32. The summed E-state index contributed by atoms with van der Waals surface area (Å²) in [6.07, 6.45) is 4.72. The average Bonchev–Trinajstić information content (AvgIpc) is 3.10. The number of amides is 1. The van der Waals surface area contributed by atoms with E-state index in [-0.39, 0.29) is 24.8 Å². The van der Waals surface area contributed by atoms with Gasteiger partial charge in [0.05, 0.1) is 5.92 Å². The van der Waals surface area contributed by atoms with E-state index < -0.39 is 11.2 Å². The normalized spacial score (nSPS) is 14.1. The van der Waals surface area contributed by atoms with Crippen molar-refractivity contribution in [3.05, 3.63) is 57.5 Å². The van der Waals surface area contributed by atoms with Crippen molar-refractivity contribution in [1.29, 1.82) is 0 Å². The molecule has 0 radical (unpaired) electrons. The molecule has 0 atom stereocenters. The van der Waals surface area contributed by atoms with Crippen molar-refractivity contribution in [3.63, 3.8) is 0 Å². The number of rotatable bonds is 5. The van der Waals surface area contributed by atoms with E-state index in [0.29, 0.717) is 30.6 Å². The molecule has 0 saturated carbocycles. The highest BCUT2D eigenvalue weighted by molar-refractivity contribution is 5.77. The van der Waals surface area contributed by atoms with Crippen LogP contribution in [0.2, 0.25) is 0 Å². The predicted molar refractivity (Wildman–Crippen MR) is 90.6 cm³/mol. The molecule has 3 aromatic heterocycles. The lowest BCUT2D eigenvalue weighted by atomic mass is 9.99. The van der Waals surface area contributed by atoms with Crippen LogP contribution in [0.4, 0.5) is 0 Å². The van der Waals surface area contributed by atoms with Gasteiger partial charge in [-0.25, -0.2) is 14.8 Å². The Balaban J connectivity index is 1.31. The molecule has 4 heterocycles. The lowest BCUT2D eigenvalue weighted by Gasteiger charge is -2.37. The molecule has 0 bridgehead atoms. The molecule has 138 valence electrons. The van der Waals surface area contributed by atoms with Crippen LogP contribution < -0.4 is 11.2 Å². The van der Waals surface area contributed by atoms with Crippen LogP contribution in [0.15, 0.2) is 44.8 Å². The molecule has 1 saturated heterocycles. The minimum Gasteiger partial charge on any atom is -0.341 e. The van der Waals surface area contributed by atoms with Gasteiger partial charge in [-0.2, -0.15) is 4.98 Å². The SMILES string of the molecule is O=C(CCn1ccc(=O)[nH]c1=O)N1CC(c2nc(-c3ncccn3)no2)C1. The fraction of sp³-hybridized carbons (Fsp3) is 0.312. The summed E-state index contributed by atoms with van der Waals surface area (Å²) in [7, 11) is 0. The van der Waals surface area contributed by atoms with Gasteiger partial charge in [0.2, 0.25) is 23.4 Å². The molecule has 3 aromatic rings. The zero-order valence-electron chi connectivity index (χ0n) is 14.1. The van der Waals surface area contributed by atoms with E-state index in [1.54, 1.807) is 23.4 Å². The van der Waals surface area contributed by atoms with Crippen LogP contribution >= 0.6 is 0 Å². The Morgan fingerprint density at radius 3 is 2.74 bits per heavy atom. The van der Waals surface area contributed by atoms with Gasteiger partial charge in [0, 0.05) is 50.7 Å². The molecule has 4 rings (SSSR count). The molecule has 11 nitrogen and oxygen atoms in total. The number of H-pyrrole nitrogens is 1. The molecule has 0 spiro atoms. The lowest BCUT2D eigenvalue weighted by Crippen LogP contribution is -2.49. The zero-order chi connectivity index (χ0) is 18.8. The van der Waals surface area contributed by atoms with E-state index in [1.807, 2.05) is 0 Å². The summed E-state index contributed by atoms with van der Waals surface area (Å²) in [6, 6.07) is 2.94. The Hall–Kier alpha value is -3.63. The number of aromatic nitrogens is 6. The summed E-state index contributed by atoms with van der Waals surface area (Å²) in [6.45, 7) is 1.14. The smallest absolute Gasteiger partial charge is 0.328 e. The van der Waals surface area contributed by atoms with Gasteiger partial charge in [-0.1, -0.05) is 5.16 Å². The highest BCUT2D eigenvalue weighted by Crippen LogP contribution is 2.27. The molecule has 0 unspecified atom stereocenters. The topological polar surface area (TPSA) is 140 Å². The van der Waals surface area contributed by atoms with Crippen LogP contribution in [0.25, 0.3) is 11.6 Å². The van der Waals surface area contributed by atoms with Gasteiger partial charge in [0.15, 0.2) is 0 Å². The average molecular weight is 369 g/mol. The molecule has 1 aliphatic rings. The number of likely N-dealkylation sites (tertiary alicyclic amines) is 1. The maximum Gasteiger partial charge on any atom is 0.328 e. The predicted octanol–water partition coefficient (Wildman–Crippen LogP) is -0.607. The van der Waals surface area contributed by atoms with Gasteiger partial charge < -0.3 is 14.0 Å². The molecular formula is C16H15N7O4. The van der Waals surface area contributed by atoms with Gasteiger partial charge in [-0.3, -0.25) is 14.6 Å². The third kappa shape index (κ3) is 3.52. The first-order valence-corrected chi connectivity index (χ1v) is 8.28. The second kappa shape index (κ2) is 6.94. The van der Waals surface area contributed by atoms with Crippen molar-refractivity contribution in [2.45, 2.75) is 18.9 Å². The number of aromatic amines is 1. The van der Waals surface area contributed by atoms with Gasteiger partial charge in [0.25, 0.3) is 5.56 Å². The number of carbonyl (C=O) groups is 1. The largest absolute Gasteiger partial charge is 0.341 e. The van der Waals surface area contributed by atoms with Gasteiger partial charge in [-0.05, 0) is 6.07 Å². The summed E-state index contributed by atoms with van der Waals surface area (Å²) in [5.74, 6) is 1.02. The summed E-state index contributed by atoms with van der Waals surface area (Å²) >= 11 is 0. The number of carbonyl (C=O) groups excluding carboxylic acids is 1. The molecule has 11 heteroatoms. The molecule has 0 aliphatic carbocycles. The van der Waals surface area contributed by atoms with Crippen molar-refractivity contribution < 1.29 is 9.32 Å². The third-order valence-electron chi connectivity index (χ3n) is 4.25. The quantitative estimate of drug-likeness (QED) is 0.628. The van der Waals surface area contributed by atoms with E-state index >= 15 is 0 Å². The minimum atomic E-state index is -0.529. The number of nitrogens with zero attached hydrogens (tertiary/aromatic N) is 6. The molecule has 1 amide bonds. The first-order chi connectivity index (χ1) is 13.1. The van der Waals surface area contributed by atoms with Gasteiger partial charge in [-0.15, -0.1) is 0 Å². The molecule has 27 heavy (non-hydrogen) atoms. The fourth-order valence-corrected chi connectivity index (χ4v) is 2.74. The summed E-state index contributed by atoms with van der Waals surface area (Å²) < 4.78 is 6.54. The summed E-state index contributed by atoms with van der Waals surface area (Å²) in [5, 5.41) is 3.87. The molecule has 1 N–H and O–H groups in total. The Morgan fingerprint density at radius 2 is 2.00 bits per heavy atom. The monoisotopic (exact) mass is 369 g/mol. The van der Waals surface area contributed by atoms with E-state index in [1.165, 1.54) is 16.8 Å². The number of aryl methyl sites for hydroxylation is 1. The van der Waals surface area contributed by atoms with Crippen LogP contribution in [0.5, 0.6) is 0 Å². The van der Waals surface area contributed by atoms with Crippen LogP contribution in [0.1, 0.15) is 18.2 Å². The first kappa shape index (κ1) is 16.8. The van der Waals surface area contributed by atoms with Gasteiger partial charge in [0.1, 0.15) is 0 Å². The molecule has 0 aromatic carbocycles. The van der Waals surface area contributed by atoms with Gasteiger partial charge >= 0.3 is 5.69 Å². The van der Waals surface area contributed by atoms with E-state index in [2.05, 4.69) is 25.1 Å². The number of hydrogen-bond acceptors (Lipinski definition) is 8. The second-order valence-electron chi connectivity index (χ2n) is 6.08. The maximum absolute atomic E-state index is 12.2. The standard InChI is InChI=1S/C16H15N7O4/c24-11-2-6-22(16(26)19-11)7-3-12(25)23-8-10(9-23)15-20-14(21-27-15)13-17-4-1-5-18-13/h1-2,4-6,10H,3,7-9H2,(H,19,24,26). The first-order valence-electron chi connectivity index (χ1n) is 8.28. The van der Waals surface area contributed by atoms with Crippen molar-refractivity contribution in [2.75, 3.05) is 13.1 Å². The fourth-order valence-electron chi connectivity index (χ4n) is 2.74.